The van der Waals surface area contributed by atoms with Crippen molar-refractivity contribution in [2.75, 3.05) is 5.73 Å². The van der Waals surface area contributed by atoms with Crippen molar-refractivity contribution in [3.05, 3.63) is 58.2 Å². The summed E-state index contributed by atoms with van der Waals surface area (Å²) in [6.45, 7) is 0. The number of hydrogen-bond acceptors (Lipinski definition) is 2. The molecule has 0 atom stereocenters. The second kappa shape index (κ2) is 4.45. The van der Waals surface area contributed by atoms with E-state index in [2.05, 4.69) is 33.0 Å². The maximum Gasteiger partial charge on any atom is 0.126 e. The fourth-order valence-corrected chi connectivity index (χ4v) is 1.91. The van der Waals surface area contributed by atoms with Gasteiger partial charge in [0.25, 0.3) is 0 Å². The van der Waals surface area contributed by atoms with Crippen LogP contribution in [0.15, 0.2) is 47.1 Å². The van der Waals surface area contributed by atoms with Gasteiger partial charge in [-0.3, -0.25) is 0 Å². The van der Waals surface area contributed by atoms with E-state index in [0.717, 1.165) is 16.5 Å². The number of hydrogen-bond donors (Lipinski definition) is 1. The van der Waals surface area contributed by atoms with E-state index in [4.69, 9.17) is 5.73 Å². The van der Waals surface area contributed by atoms with Gasteiger partial charge >= 0.3 is 0 Å². The summed E-state index contributed by atoms with van der Waals surface area (Å²) in [6, 6.07) is 12.1. The summed E-state index contributed by atoms with van der Waals surface area (Å²) < 4.78 is 1.09. The maximum atomic E-state index is 5.78. The molecule has 0 saturated carbocycles. The van der Waals surface area contributed by atoms with E-state index >= 15 is 0 Å². The van der Waals surface area contributed by atoms with Crippen molar-refractivity contribution in [3.8, 4) is 0 Å². The Morgan fingerprint density at radius 3 is 2.80 bits per heavy atom. The van der Waals surface area contributed by atoms with E-state index in [0.29, 0.717) is 5.82 Å². The van der Waals surface area contributed by atoms with Crippen LogP contribution in [0.2, 0.25) is 0 Å². The highest BCUT2D eigenvalue weighted by molar-refractivity contribution is 9.10. The van der Waals surface area contributed by atoms with Gasteiger partial charge < -0.3 is 5.73 Å². The van der Waals surface area contributed by atoms with Gasteiger partial charge in [0.2, 0.25) is 0 Å². The molecule has 0 bridgehead atoms. The lowest BCUT2D eigenvalue weighted by atomic mass is 10.1. The van der Waals surface area contributed by atoms with Crippen LogP contribution in [0.25, 0.3) is 0 Å². The largest absolute Gasteiger partial charge is 0.383 e. The average Bonchev–Trinajstić information content (AvgIpc) is 2.22. The highest BCUT2D eigenvalue weighted by Gasteiger charge is 2.01. The molecule has 2 rings (SSSR count). The molecule has 1 aromatic heterocycles. The predicted molar refractivity (Wildman–Crippen MR) is 65.6 cm³/mol. The number of anilines is 1. The van der Waals surface area contributed by atoms with Gasteiger partial charge in [-0.15, -0.1) is 0 Å². The summed E-state index contributed by atoms with van der Waals surface area (Å²) in [5, 5.41) is 0. The summed E-state index contributed by atoms with van der Waals surface area (Å²) in [4.78, 5) is 4.06. The molecular weight excluding hydrogens is 252 g/mol. The van der Waals surface area contributed by atoms with Gasteiger partial charge in [-0.05, 0) is 29.3 Å². The van der Waals surface area contributed by atoms with Crippen LogP contribution in [-0.4, -0.2) is 4.98 Å². The molecule has 15 heavy (non-hydrogen) atoms. The van der Waals surface area contributed by atoms with Crippen LogP contribution in [0.4, 0.5) is 5.82 Å². The summed E-state index contributed by atoms with van der Waals surface area (Å²) in [6.07, 6.45) is 2.53. The highest BCUT2D eigenvalue weighted by atomic mass is 79.9. The van der Waals surface area contributed by atoms with E-state index in [9.17, 15) is 0 Å². The Hall–Kier alpha value is -1.35. The van der Waals surface area contributed by atoms with Crippen LogP contribution in [0, 0.1) is 0 Å². The van der Waals surface area contributed by atoms with Gasteiger partial charge in [0.15, 0.2) is 0 Å². The molecule has 1 heterocycles. The standard InChI is InChI=1S/C12H11BrN2/c13-11-5-1-3-9(8-11)7-10-4-2-6-15-12(10)14/h1-6,8H,7H2,(H2,14,15). The molecule has 0 aliphatic carbocycles. The zero-order chi connectivity index (χ0) is 10.7. The van der Waals surface area contributed by atoms with E-state index < -0.39 is 0 Å². The normalized spacial score (nSPS) is 10.2. The number of pyridine rings is 1. The van der Waals surface area contributed by atoms with E-state index in [1.807, 2.05) is 24.3 Å². The lowest BCUT2D eigenvalue weighted by Crippen LogP contribution is -1.97. The third kappa shape index (κ3) is 2.57. The Labute approximate surface area is 97.3 Å². The van der Waals surface area contributed by atoms with Gasteiger partial charge in [0.1, 0.15) is 5.82 Å². The minimum Gasteiger partial charge on any atom is -0.383 e. The molecule has 0 aliphatic rings. The van der Waals surface area contributed by atoms with Gasteiger partial charge in [-0.2, -0.15) is 0 Å². The van der Waals surface area contributed by atoms with Crippen LogP contribution in [0.1, 0.15) is 11.1 Å². The Morgan fingerprint density at radius 2 is 2.07 bits per heavy atom. The molecule has 76 valence electrons. The molecule has 0 unspecified atom stereocenters. The van der Waals surface area contributed by atoms with E-state index in [1.54, 1.807) is 6.20 Å². The number of halogens is 1. The van der Waals surface area contributed by atoms with Crippen LogP contribution in [0.5, 0.6) is 0 Å². The molecule has 0 amide bonds. The number of benzene rings is 1. The monoisotopic (exact) mass is 262 g/mol. The predicted octanol–water partition coefficient (Wildman–Crippen LogP) is 3.02. The molecule has 1 aromatic carbocycles. The molecule has 0 spiro atoms. The lowest BCUT2D eigenvalue weighted by molar-refractivity contribution is 1.15. The number of nitrogens with zero attached hydrogens (tertiary/aromatic N) is 1. The average molecular weight is 263 g/mol. The van der Waals surface area contributed by atoms with Gasteiger partial charge in [0, 0.05) is 17.1 Å². The van der Waals surface area contributed by atoms with Gasteiger partial charge in [-0.1, -0.05) is 34.1 Å². The zero-order valence-corrected chi connectivity index (χ0v) is 9.74. The van der Waals surface area contributed by atoms with Gasteiger partial charge in [0.05, 0.1) is 0 Å². The van der Waals surface area contributed by atoms with Gasteiger partial charge in [-0.25, -0.2) is 4.98 Å². The second-order valence-electron chi connectivity index (χ2n) is 3.35. The first-order chi connectivity index (χ1) is 7.25. The third-order valence-electron chi connectivity index (χ3n) is 2.21. The van der Waals surface area contributed by atoms with Crippen molar-refractivity contribution in [2.45, 2.75) is 6.42 Å². The first kappa shape index (κ1) is 10.2. The Bertz CT molecular complexity index is 469. The number of nitrogen functional groups attached to an aromatic ring is 1. The Morgan fingerprint density at radius 1 is 1.20 bits per heavy atom. The van der Waals surface area contributed by atoms with Crippen molar-refractivity contribution in [1.82, 2.24) is 4.98 Å². The van der Waals surface area contributed by atoms with Crippen LogP contribution in [0.3, 0.4) is 0 Å². The molecule has 2 N–H and O–H groups in total. The number of aromatic nitrogens is 1. The minimum absolute atomic E-state index is 0.609. The summed E-state index contributed by atoms with van der Waals surface area (Å²) in [5.41, 5.74) is 8.07. The van der Waals surface area contributed by atoms with Crippen molar-refractivity contribution in [2.24, 2.45) is 0 Å². The molecule has 2 aromatic rings. The van der Waals surface area contributed by atoms with Crippen molar-refractivity contribution in [1.29, 1.82) is 0 Å². The van der Waals surface area contributed by atoms with E-state index in [1.165, 1.54) is 5.56 Å². The molecule has 3 heteroatoms. The topological polar surface area (TPSA) is 38.9 Å². The highest BCUT2D eigenvalue weighted by Crippen LogP contribution is 2.17. The summed E-state index contributed by atoms with van der Waals surface area (Å²) in [7, 11) is 0. The molecular formula is C12H11BrN2. The van der Waals surface area contributed by atoms with E-state index in [-0.39, 0.29) is 0 Å². The molecule has 2 nitrogen and oxygen atoms in total. The Kier molecular flexibility index (Phi) is 3.02. The number of nitrogens with two attached hydrogens (primary N) is 1. The van der Waals surface area contributed by atoms with Crippen molar-refractivity contribution < 1.29 is 0 Å². The van der Waals surface area contributed by atoms with Crippen molar-refractivity contribution in [3.63, 3.8) is 0 Å². The molecule has 0 saturated heterocycles. The second-order valence-corrected chi connectivity index (χ2v) is 4.27. The minimum atomic E-state index is 0.609. The van der Waals surface area contributed by atoms with Crippen LogP contribution >= 0.6 is 15.9 Å². The van der Waals surface area contributed by atoms with Crippen LogP contribution < -0.4 is 5.73 Å². The SMILES string of the molecule is Nc1ncccc1Cc1cccc(Br)c1. The fraction of sp³-hybridized carbons (Fsp3) is 0.0833. The lowest BCUT2D eigenvalue weighted by Gasteiger charge is -2.04. The quantitative estimate of drug-likeness (QED) is 0.904. The third-order valence-corrected chi connectivity index (χ3v) is 2.70. The smallest absolute Gasteiger partial charge is 0.126 e. The summed E-state index contributed by atoms with van der Waals surface area (Å²) in [5.74, 6) is 0.609. The summed E-state index contributed by atoms with van der Waals surface area (Å²) >= 11 is 3.45. The maximum absolute atomic E-state index is 5.78. The Balaban J connectivity index is 2.26. The molecule has 0 radical (unpaired) electrons. The first-order valence-electron chi connectivity index (χ1n) is 4.69. The molecule has 0 aliphatic heterocycles. The zero-order valence-electron chi connectivity index (χ0n) is 8.15. The van der Waals surface area contributed by atoms with Crippen molar-refractivity contribution >= 4 is 21.7 Å². The first-order valence-corrected chi connectivity index (χ1v) is 5.49. The molecule has 0 fully saturated rings. The fourth-order valence-electron chi connectivity index (χ4n) is 1.47. The number of rotatable bonds is 2. The van der Waals surface area contributed by atoms with Crippen LogP contribution in [-0.2, 0) is 6.42 Å².